The summed E-state index contributed by atoms with van der Waals surface area (Å²) in [6.07, 6.45) is 0.177. The van der Waals surface area contributed by atoms with Gasteiger partial charge in [0, 0.05) is 43.5 Å². The number of allylic oxidation sites excluding steroid dienone is 2. The average Bonchev–Trinajstić information content (AvgIpc) is 2.82. The number of nitrogens with zero attached hydrogens (tertiary/aromatic N) is 1. The van der Waals surface area contributed by atoms with Gasteiger partial charge in [-0.2, -0.15) is 0 Å². The number of fused-ring (bicyclic) bond motifs is 4. The fourth-order valence-electron chi connectivity index (χ4n) is 4.06. The number of hydrogen-bond acceptors (Lipinski definition) is 3. The minimum Gasteiger partial charge on any atom is -0.512 e. The van der Waals surface area contributed by atoms with Crippen LogP contribution in [0.25, 0.3) is 43.6 Å². The van der Waals surface area contributed by atoms with E-state index in [1.807, 2.05) is 12.1 Å². The van der Waals surface area contributed by atoms with Crippen LogP contribution >= 0.6 is 0 Å². The van der Waals surface area contributed by atoms with Crippen LogP contribution in [0.5, 0.6) is 0 Å². The number of aliphatic hydroxyl groups is 1. The summed E-state index contributed by atoms with van der Waals surface area (Å²) >= 11 is 0. The first-order chi connectivity index (χ1) is 16.8. The number of pyridine rings is 1. The Morgan fingerprint density at radius 1 is 0.917 bits per heavy atom. The fourth-order valence-corrected chi connectivity index (χ4v) is 4.06. The summed E-state index contributed by atoms with van der Waals surface area (Å²) in [5.74, 6) is -0.359. The Labute approximate surface area is 219 Å². The predicted octanol–water partition coefficient (Wildman–Crippen LogP) is 8.12. The molecule has 0 aliphatic carbocycles. The van der Waals surface area contributed by atoms with Crippen molar-refractivity contribution in [3.8, 4) is 11.3 Å². The normalized spacial score (nSPS) is 11.3. The predicted molar refractivity (Wildman–Crippen MR) is 133 cm³/mol. The van der Waals surface area contributed by atoms with Gasteiger partial charge < -0.3 is 5.11 Å². The molecule has 3 nitrogen and oxygen atoms in total. The molecular formula is C29H21F3IrNO2-. The first-order valence-corrected chi connectivity index (χ1v) is 10.8. The topological polar surface area (TPSA) is 50.2 Å². The quantitative estimate of drug-likeness (QED) is 0.0918. The Balaban J connectivity index is 0.000000400. The molecule has 5 aromatic rings. The van der Waals surface area contributed by atoms with E-state index in [2.05, 4.69) is 11.1 Å². The maximum absolute atomic E-state index is 14.1. The monoisotopic (exact) mass is 665 g/mol. The Bertz CT molecular complexity index is 1590. The molecule has 5 rings (SSSR count). The second-order valence-electron chi connectivity index (χ2n) is 8.04. The molecule has 0 aliphatic heterocycles. The second-order valence-corrected chi connectivity index (χ2v) is 8.04. The zero-order valence-corrected chi connectivity index (χ0v) is 21.7. The Hall–Kier alpha value is -3.54. The van der Waals surface area contributed by atoms with Gasteiger partial charge in [-0.1, -0.05) is 53.4 Å². The Morgan fingerprint density at radius 3 is 2.25 bits per heavy atom. The summed E-state index contributed by atoms with van der Waals surface area (Å²) in [6, 6.07) is 21.9. The summed E-state index contributed by atoms with van der Waals surface area (Å²) in [4.78, 5) is 14.5. The van der Waals surface area contributed by atoms with E-state index in [9.17, 15) is 18.0 Å². The van der Waals surface area contributed by atoms with E-state index in [4.69, 9.17) is 5.11 Å². The molecule has 0 atom stereocenters. The number of carbonyl (C=O) groups is 1. The number of carbonyl (C=O) groups excluding carboxylic acids is 1. The van der Waals surface area contributed by atoms with Gasteiger partial charge in [-0.05, 0) is 47.7 Å². The van der Waals surface area contributed by atoms with Gasteiger partial charge in [0.25, 0.3) is 6.43 Å². The summed E-state index contributed by atoms with van der Waals surface area (Å²) in [7, 11) is 0. The van der Waals surface area contributed by atoms with Gasteiger partial charge in [-0.3, -0.25) is 9.78 Å². The first-order valence-electron chi connectivity index (χ1n) is 10.8. The minimum atomic E-state index is -2.61. The number of hydrogen-bond donors (Lipinski definition) is 1. The zero-order chi connectivity index (χ0) is 25.1. The van der Waals surface area contributed by atoms with E-state index in [0.29, 0.717) is 27.4 Å². The standard InChI is InChI=1S/C24H13F3N.C5H8O2.Ir/c25-22-7-3-6-17-18-10-11-28-23(20(18)9-8-19(17)22)15-12-14-4-1-2-5-16(14)21(13-15)24(26)27;1-4(6)3-5(2)7;/h1-11,13,24H;3,6H,1-2H3;/q-1;;/b;4-3-;. The van der Waals surface area contributed by atoms with Gasteiger partial charge in [-0.15, -0.1) is 23.6 Å². The van der Waals surface area contributed by atoms with Crippen LogP contribution in [-0.4, -0.2) is 15.9 Å². The SMILES string of the molecule is CC(=O)/C=C(/C)O.Fc1cccc2c1ccc1c(-c3[c-]c4ccccc4c(C(F)F)c3)nccc12.[Ir]. The molecule has 0 saturated heterocycles. The zero-order valence-electron chi connectivity index (χ0n) is 19.4. The van der Waals surface area contributed by atoms with Gasteiger partial charge in [-0.25, -0.2) is 13.2 Å². The van der Waals surface area contributed by atoms with Crippen molar-refractivity contribution in [2.45, 2.75) is 20.3 Å². The molecule has 1 heterocycles. The van der Waals surface area contributed by atoms with Gasteiger partial charge in [0.1, 0.15) is 5.82 Å². The van der Waals surface area contributed by atoms with Crippen molar-refractivity contribution in [3.63, 3.8) is 0 Å². The molecule has 0 fully saturated rings. The van der Waals surface area contributed by atoms with Crippen LogP contribution in [0.3, 0.4) is 0 Å². The molecule has 4 aromatic carbocycles. The van der Waals surface area contributed by atoms with E-state index in [1.165, 1.54) is 32.1 Å². The molecular weight excluding hydrogens is 644 g/mol. The molecule has 0 amide bonds. The number of aliphatic hydroxyl groups excluding tert-OH is 1. The fraction of sp³-hybridized carbons (Fsp3) is 0.103. The van der Waals surface area contributed by atoms with E-state index in [-0.39, 0.29) is 43.0 Å². The molecule has 1 radical (unpaired) electrons. The number of rotatable bonds is 3. The van der Waals surface area contributed by atoms with Crippen molar-refractivity contribution in [3.05, 3.63) is 102 Å². The molecule has 36 heavy (non-hydrogen) atoms. The second kappa shape index (κ2) is 11.5. The molecule has 0 unspecified atom stereocenters. The van der Waals surface area contributed by atoms with Crippen molar-refractivity contribution in [2.75, 3.05) is 0 Å². The third-order valence-corrected chi connectivity index (χ3v) is 5.46. The van der Waals surface area contributed by atoms with Gasteiger partial charge in [0.05, 0.1) is 5.76 Å². The Morgan fingerprint density at radius 2 is 1.58 bits per heavy atom. The summed E-state index contributed by atoms with van der Waals surface area (Å²) in [5.41, 5.74) is 1.00. The Kier molecular flexibility index (Phi) is 8.61. The third-order valence-electron chi connectivity index (χ3n) is 5.46. The van der Waals surface area contributed by atoms with Crippen LogP contribution < -0.4 is 0 Å². The molecule has 0 aliphatic rings. The van der Waals surface area contributed by atoms with Gasteiger partial charge in [0.2, 0.25) is 0 Å². The van der Waals surface area contributed by atoms with E-state index in [0.717, 1.165) is 16.2 Å². The molecule has 0 bridgehead atoms. The molecule has 7 heteroatoms. The van der Waals surface area contributed by atoms with Crippen molar-refractivity contribution in [2.24, 2.45) is 0 Å². The number of benzene rings is 4. The molecule has 185 valence electrons. The first kappa shape index (κ1) is 27.1. The third kappa shape index (κ3) is 5.64. The number of ketones is 1. The molecule has 1 N–H and O–H groups in total. The van der Waals surface area contributed by atoms with Crippen LogP contribution in [0.1, 0.15) is 25.8 Å². The van der Waals surface area contributed by atoms with Crippen LogP contribution in [0, 0.1) is 11.9 Å². The van der Waals surface area contributed by atoms with Gasteiger partial charge in [0.15, 0.2) is 5.78 Å². The summed E-state index contributed by atoms with van der Waals surface area (Å²) in [6.45, 7) is 2.85. The van der Waals surface area contributed by atoms with Crippen LogP contribution in [0.15, 0.2) is 84.8 Å². The van der Waals surface area contributed by atoms with Crippen LogP contribution in [0.2, 0.25) is 0 Å². The van der Waals surface area contributed by atoms with Crippen molar-refractivity contribution >= 4 is 38.1 Å². The van der Waals surface area contributed by atoms with Crippen molar-refractivity contribution in [1.82, 2.24) is 4.98 Å². The molecule has 0 saturated carbocycles. The van der Waals surface area contributed by atoms with Gasteiger partial charge >= 0.3 is 0 Å². The number of halogens is 3. The van der Waals surface area contributed by atoms with Crippen molar-refractivity contribution in [1.29, 1.82) is 0 Å². The van der Waals surface area contributed by atoms with E-state index in [1.54, 1.807) is 48.7 Å². The summed E-state index contributed by atoms with van der Waals surface area (Å²) < 4.78 is 41.5. The number of alkyl halides is 2. The maximum atomic E-state index is 14.1. The van der Waals surface area contributed by atoms with Crippen LogP contribution in [-0.2, 0) is 24.9 Å². The molecule has 0 spiro atoms. The summed E-state index contributed by atoms with van der Waals surface area (Å²) in [5, 5.41) is 12.3. The average molecular weight is 665 g/mol. The van der Waals surface area contributed by atoms with Crippen molar-refractivity contribution < 1.29 is 43.2 Å². The van der Waals surface area contributed by atoms with Crippen LogP contribution in [0.4, 0.5) is 13.2 Å². The largest absolute Gasteiger partial charge is 0.512 e. The maximum Gasteiger partial charge on any atom is 0.251 e. The molecule has 1 aromatic heterocycles. The van der Waals surface area contributed by atoms with E-state index < -0.39 is 6.43 Å². The smallest absolute Gasteiger partial charge is 0.251 e. The number of aromatic nitrogens is 1. The minimum absolute atomic E-state index is 0. The van der Waals surface area contributed by atoms with E-state index >= 15 is 0 Å².